The van der Waals surface area contributed by atoms with Gasteiger partial charge in [0, 0.05) is 25.3 Å². The Balaban J connectivity index is 1.34. The lowest BCUT2D eigenvalue weighted by atomic mass is 10.1. The van der Waals surface area contributed by atoms with Gasteiger partial charge in [-0.05, 0) is 43.5 Å². The molecule has 2 amide bonds. The summed E-state index contributed by atoms with van der Waals surface area (Å²) in [7, 11) is 0. The van der Waals surface area contributed by atoms with E-state index in [4.69, 9.17) is 5.73 Å². The molecule has 1 aromatic carbocycles. The predicted octanol–water partition coefficient (Wildman–Crippen LogP) is 1.03. The highest BCUT2D eigenvalue weighted by Crippen LogP contribution is 2.30. The maximum absolute atomic E-state index is 14.1. The fourth-order valence-corrected chi connectivity index (χ4v) is 4.19. The van der Waals surface area contributed by atoms with Crippen molar-refractivity contribution in [3.05, 3.63) is 53.2 Å². The first-order chi connectivity index (χ1) is 15.3. The number of carbonyl (C=O) groups is 2. The van der Waals surface area contributed by atoms with Crippen molar-refractivity contribution in [1.29, 1.82) is 0 Å². The Morgan fingerprint density at radius 2 is 2.09 bits per heavy atom. The van der Waals surface area contributed by atoms with Crippen molar-refractivity contribution in [3.8, 4) is 0 Å². The van der Waals surface area contributed by atoms with Crippen molar-refractivity contribution in [3.63, 3.8) is 0 Å². The molecule has 3 atom stereocenters. The van der Waals surface area contributed by atoms with Gasteiger partial charge in [-0.2, -0.15) is 0 Å². The lowest BCUT2D eigenvalue weighted by Crippen LogP contribution is -2.59. The third-order valence-corrected chi connectivity index (χ3v) is 5.91. The lowest BCUT2D eigenvalue weighted by molar-refractivity contribution is -0.130. The molecule has 10 heteroatoms. The molecular weight excluding hydrogens is 418 g/mol. The van der Waals surface area contributed by atoms with Crippen LogP contribution in [0.1, 0.15) is 30.6 Å². The molecule has 0 radical (unpaired) electrons. The molecule has 2 aliphatic rings. The summed E-state index contributed by atoms with van der Waals surface area (Å²) < 4.78 is 27.7. The van der Waals surface area contributed by atoms with Gasteiger partial charge in [-0.1, -0.05) is 12.1 Å². The van der Waals surface area contributed by atoms with Crippen molar-refractivity contribution in [2.24, 2.45) is 0 Å². The Morgan fingerprint density at radius 3 is 2.91 bits per heavy atom. The number of carbonyl (C=O) groups excluding carboxylic acids is 2. The highest BCUT2D eigenvalue weighted by Gasteiger charge is 2.31. The molecule has 0 unspecified atom stereocenters. The van der Waals surface area contributed by atoms with Crippen molar-refractivity contribution in [1.82, 2.24) is 20.9 Å². The third-order valence-electron chi connectivity index (χ3n) is 5.91. The van der Waals surface area contributed by atoms with E-state index in [2.05, 4.69) is 20.9 Å². The number of anilines is 2. The first-order valence-corrected chi connectivity index (χ1v) is 10.6. The quantitative estimate of drug-likeness (QED) is 0.548. The molecule has 32 heavy (non-hydrogen) atoms. The summed E-state index contributed by atoms with van der Waals surface area (Å²) >= 11 is 0. The van der Waals surface area contributed by atoms with Gasteiger partial charge in [0.05, 0.1) is 11.7 Å². The maximum Gasteiger partial charge on any atom is 0.242 e. The zero-order chi connectivity index (χ0) is 22.8. The first-order valence-electron chi connectivity index (χ1n) is 10.6. The fraction of sp³-hybridized carbons (Fsp3) is 0.409. The van der Waals surface area contributed by atoms with Crippen molar-refractivity contribution >= 4 is 23.3 Å². The van der Waals surface area contributed by atoms with Crippen LogP contribution in [0, 0.1) is 11.6 Å². The minimum atomic E-state index is -0.936. The number of benzene rings is 1. The number of nitrogens with zero attached hydrogens (tertiary/aromatic N) is 2. The summed E-state index contributed by atoms with van der Waals surface area (Å²) in [6.07, 6.45) is 1.45. The number of aryl methyl sites for hydroxylation is 1. The van der Waals surface area contributed by atoms with Crippen molar-refractivity contribution < 1.29 is 18.4 Å². The summed E-state index contributed by atoms with van der Waals surface area (Å²) in [4.78, 5) is 31.3. The number of hydrogen-bond acceptors (Lipinski definition) is 6. The van der Waals surface area contributed by atoms with Gasteiger partial charge in [0.25, 0.3) is 0 Å². The number of amides is 2. The van der Waals surface area contributed by atoms with Gasteiger partial charge >= 0.3 is 0 Å². The molecule has 1 aliphatic heterocycles. The monoisotopic (exact) mass is 444 g/mol. The first kappa shape index (κ1) is 21.9. The molecule has 5 N–H and O–H groups in total. The normalized spacial score (nSPS) is 21.0. The molecular formula is C22H26F2N6O2. The van der Waals surface area contributed by atoms with Crippen LogP contribution in [-0.4, -0.2) is 48.5 Å². The molecule has 1 fully saturated rings. The minimum Gasteiger partial charge on any atom is -0.384 e. The number of halogens is 2. The molecule has 1 aliphatic carbocycles. The van der Waals surface area contributed by atoms with Crippen molar-refractivity contribution in [2.45, 2.75) is 37.9 Å². The molecule has 4 rings (SSSR count). The van der Waals surface area contributed by atoms with Gasteiger partial charge in [0.2, 0.25) is 11.8 Å². The van der Waals surface area contributed by atoms with E-state index in [1.807, 2.05) is 6.07 Å². The van der Waals surface area contributed by atoms with Crippen LogP contribution in [-0.2, 0) is 16.0 Å². The number of nitrogens with one attached hydrogen (secondary N) is 3. The van der Waals surface area contributed by atoms with E-state index in [-0.39, 0.29) is 30.1 Å². The van der Waals surface area contributed by atoms with E-state index in [0.717, 1.165) is 30.2 Å². The lowest BCUT2D eigenvalue weighted by Gasteiger charge is -2.35. The molecule has 8 nitrogen and oxygen atoms in total. The highest BCUT2D eigenvalue weighted by atomic mass is 19.2. The standard InChI is InChI=1S/C22H26F2N6O2/c1-12(21(31)29-16-7-6-15-13(16)5-8-19(25)28-15)27-22(32)17-11-30(10-9-26-17)18-4-2-3-14(23)20(18)24/h2-5,8,12,16-17,26H,6-7,9-11H2,1H3,(H2,25,28)(H,27,32)(H,29,31)/t12-,16+,17+/m0/s1. The van der Waals surface area contributed by atoms with E-state index in [1.165, 1.54) is 12.1 Å². The molecule has 1 aromatic heterocycles. The molecule has 0 bridgehead atoms. The zero-order valence-electron chi connectivity index (χ0n) is 17.7. The highest BCUT2D eigenvalue weighted by molar-refractivity contribution is 5.90. The summed E-state index contributed by atoms with van der Waals surface area (Å²) in [6, 6.07) is 5.93. The Hall–Kier alpha value is -3.27. The molecule has 0 saturated carbocycles. The average Bonchev–Trinajstić information content (AvgIpc) is 3.17. The van der Waals surface area contributed by atoms with Crippen LogP contribution in [0.3, 0.4) is 0 Å². The van der Waals surface area contributed by atoms with E-state index >= 15 is 0 Å². The van der Waals surface area contributed by atoms with E-state index in [0.29, 0.717) is 18.9 Å². The summed E-state index contributed by atoms with van der Waals surface area (Å²) in [5, 5.41) is 8.73. The third kappa shape index (κ3) is 4.50. The average molecular weight is 444 g/mol. The Labute approximate surface area is 184 Å². The Morgan fingerprint density at radius 1 is 1.28 bits per heavy atom. The molecule has 0 spiro atoms. The molecule has 170 valence electrons. The van der Waals surface area contributed by atoms with E-state index < -0.39 is 23.7 Å². The van der Waals surface area contributed by atoms with Crippen LogP contribution in [0.15, 0.2) is 30.3 Å². The van der Waals surface area contributed by atoms with Crippen LogP contribution >= 0.6 is 0 Å². The maximum atomic E-state index is 14.1. The van der Waals surface area contributed by atoms with Crippen LogP contribution in [0.25, 0.3) is 0 Å². The second-order valence-electron chi connectivity index (χ2n) is 8.13. The zero-order valence-corrected chi connectivity index (χ0v) is 17.7. The SMILES string of the molecule is C[C@H](NC(=O)[C@H]1CN(c2cccc(F)c2F)CCN1)C(=O)N[C@@H]1CCc2nc(N)ccc21. The fourth-order valence-electron chi connectivity index (χ4n) is 4.19. The molecule has 2 heterocycles. The van der Waals surface area contributed by atoms with Gasteiger partial charge < -0.3 is 26.6 Å². The topological polar surface area (TPSA) is 112 Å². The van der Waals surface area contributed by atoms with E-state index in [9.17, 15) is 18.4 Å². The second-order valence-corrected chi connectivity index (χ2v) is 8.13. The number of hydrogen-bond donors (Lipinski definition) is 4. The van der Waals surface area contributed by atoms with Gasteiger partial charge in [-0.15, -0.1) is 0 Å². The number of pyridine rings is 1. The Bertz CT molecular complexity index is 1030. The number of nitrogens with two attached hydrogens (primary N) is 1. The Kier molecular flexibility index (Phi) is 6.22. The van der Waals surface area contributed by atoms with Crippen LogP contribution in [0.4, 0.5) is 20.3 Å². The van der Waals surface area contributed by atoms with E-state index in [1.54, 1.807) is 17.9 Å². The summed E-state index contributed by atoms with van der Waals surface area (Å²) in [5.74, 6) is -2.11. The van der Waals surface area contributed by atoms with Gasteiger partial charge in [-0.3, -0.25) is 9.59 Å². The summed E-state index contributed by atoms with van der Waals surface area (Å²) in [5.41, 5.74) is 7.65. The smallest absolute Gasteiger partial charge is 0.242 e. The van der Waals surface area contributed by atoms with Gasteiger partial charge in [-0.25, -0.2) is 13.8 Å². The van der Waals surface area contributed by atoms with Crippen LogP contribution in [0.5, 0.6) is 0 Å². The van der Waals surface area contributed by atoms with Gasteiger partial charge in [0.15, 0.2) is 11.6 Å². The number of aromatic nitrogens is 1. The van der Waals surface area contributed by atoms with Gasteiger partial charge in [0.1, 0.15) is 17.9 Å². The number of rotatable bonds is 5. The number of fused-ring (bicyclic) bond motifs is 1. The largest absolute Gasteiger partial charge is 0.384 e. The van der Waals surface area contributed by atoms with Crippen molar-refractivity contribution in [2.75, 3.05) is 30.3 Å². The molecule has 2 aromatic rings. The second kappa shape index (κ2) is 9.07. The summed E-state index contributed by atoms with van der Waals surface area (Å²) in [6.45, 7) is 2.62. The molecule has 1 saturated heterocycles. The van der Waals surface area contributed by atoms with Crippen LogP contribution in [0.2, 0.25) is 0 Å². The number of nitrogen functional groups attached to an aromatic ring is 1. The number of piperazine rings is 1. The minimum absolute atomic E-state index is 0.115. The van der Waals surface area contributed by atoms with Crippen LogP contribution < -0.4 is 26.6 Å². The predicted molar refractivity (Wildman–Crippen MR) is 116 cm³/mol.